The summed E-state index contributed by atoms with van der Waals surface area (Å²) >= 11 is 0. The number of hydrogen-bond donors (Lipinski definition) is 0. The largest absolute Gasteiger partial charge is 0.290 e. The highest BCUT2D eigenvalue weighted by molar-refractivity contribution is 6.17. The Bertz CT molecular complexity index is 390. The zero-order chi connectivity index (χ0) is 15.0. The van der Waals surface area contributed by atoms with Crippen molar-refractivity contribution < 1.29 is 9.59 Å². The minimum absolute atomic E-state index is 0.00611. The fraction of sp³-hybridized carbons (Fsp3) is 0.667. The molecule has 0 N–H and O–H groups in total. The van der Waals surface area contributed by atoms with E-state index in [1.165, 1.54) is 56.8 Å². The average Bonchev–Trinajstić information content (AvgIpc) is 2.42. The lowest BCUT2D eigenvalue weighted by Crippen LogP contribution is -2.15. The number of hydrogen-bond acceptors (Lipinski definition) is 2. The molecule has 2 heteroatoms. The molecule has 1 aliphatic carbocycles. The van der Waals surface area contributed by atoms with Gasteiger partial charge in [0.05, 0.1) is 0 Å². The number of unbranched alkanes of at least 4 members (excludes halogenated alkanes) is 4. The van der Waals surface area contributed by atoms with Gasteiger partial charge in [0.15, 0.2) is 11.6 Å². The van der Waals surface area contributed by atoms with Crippen molar-refractivity contribution in [3.8, 4) is 0 Å². The van der Waals surface area contributed by atoms with Gasteiger partial charge in [-0.05, 0) is 36.5 Å². The molecule has 1 aliphatic rings. The molecule has 0 heterocycles. The second-order valence-electron chi connectivity index (χ2n) is 6.13. The monoisotopic (exact) mass is 276 g/mol. The summed E-state index contributed by atoms with van der Waals surface area (Å²) < 4.78 is 0. The van der Waals surface area contributed by atoms with E-state index in [4.69, 9.17) is 0 Å². The lowest BCUT2D eigenvalue weighted by Gasteiger charge is -2.21. The molecular formula is C18H28O2. The maximum atomic E-state index is 11.7. The summed E-state index contributed by atoms with van der Waals surface area (Å²) in [6, 6.07) is 0. The third-order valence-corrected chi connectivity index (χ3v) is 4.31. The summed E-state index contributed by atoms with van der Waals surface area (Å²) in [7, 11) is 0. The molecule has 0 bridgehead atoms. The van der Waals surface area contributed by atoms with Gasteiger partial charge in [-0.15, -0.1) is 0 Å². The molecule has 0 radical (unpaired) electrons. The third kappa shape index (κ3) is 5.85. The van der Waals surface area contributed by atoms with Crippen LogP contribution in [0.15, 0.2) is 23.8 Å². The lowest BCUT2D eigenvalue weighted by molar-refractivity contribution is -0.114. The van der Waals surface area contributed by atoms with Crippen LogP contribution < -0.4 is 0 Å². The van der Waals surface area contributed by atoms with Crippen LogP contribution in [0.4, 0.5) is 0 Å². The Labute approximate surface area is 123 Å². The summed E-state index contributed by atoms with van der Waals surface area (Å²) in [5.74, 6) is 1.01. The Morgan fingerprint density at radius 2 is 1.65 bits per heavy atom. The van der Waals surface area contributed by atoms with Crippen molar-refractivity contribution in [3.63, 3.8) is 0 Å². The first-order valence-electron chi connectivity index (χ1n) is 8.01. The van der Waals surface area contributed by atoms with Crippen LogP contribution in [0.25, 0.3) is 0 Å². The van der Waals surface area contributed by atoms with Gasteiger partial charge in [0.2, 0.25) is 0 Å². The summed E-state index contributed by atoms with van der Waals surface area (Å²) in [6.45, 7) is 6.68. The smallest absolute Gasteiger partial charge is 0.182 e. The molecule has 20 heavy (non-hydrogen) atoms. The van der Waals surface area contributed by atoms with Crippen LogP contribution in [-0.4, -0.2) is 11.6 Å². The normalized spacial score (nSPS) is 18.1. The predicted molar refractivity (Wildman–Crippen MR) is 83.6 cm³/mol. The molecule has 0 aromatic carbocycles. The fourth-order valence-electron chi connectivity index (χ4n) is 2.62. The highest BCUT2D eigenvalue weighted by atomic mass is 16.1. The Morgan fingerprint density at radius 3 is 2.35 bits per heavy atom. The van der Waals surface area contributed by atoms with Gasteiger partial charge in [-0.25, -0.2) is 0 Å². The fourth-order valence-corrected chi connectivity index (χ4v) is 2.62. The molecule has 0 aromatic rings. The summed E-state index contributed by atoms with van der Waals surface area (Å²) in [4.78, 5) is 23.1. The maximum Gasteiger partial charge on any atom is 0.182 e. The SMILES string of the molecule is CCCCCCCC(C)C(C)CC1=CC(=O)C=CC1=O. The maximum absolute atomic E-state index is 11.7. The Kier molecular flexibility index (Phi) is 7.50. The van der Waals surface area contributed by atoms with Crippen molar-refractivity contribution in [1.82, 2.24) is 0 Å². The highest BCUT2D eigenvalue weighted by Crippen LogP contribution is 2.26. The van der Waals surface area contributed by atoms with Crippen molar-refractivity contribution in [2.75, 3.05) is 0 Å². The van der Waals surface area contributed by atoms with Crippen molar-refractivity contribution in [2.45, 2.75) is 65.7 Å². The van der Waals surface area contributed by atoms with Crippen LogP contribution in [0.5, 0.6) is 0 Å². The van der Waals surface area contributed by atoms with E-state index in [-0.39, 0.29) is 11.6 Å². The van der Waals surface area contributed by atoms with Gasteiger partial charge in [-0.3, -0.25) is 9.59 Å². The van der Waals surface area contributed by atoms with Crippen LogP contribution in [-0.2, 0) is 9.59 Å². The second kappa shape index (κ2) is 8.89. The van der Waals surface area contributed by atoms with Crippen LogP contribution in [0.3, 0.4) is 0 Å². The first-order chi connectivity index (χ1) is 9.54. The Morgan fingerprint density at radius 1 is 0.950 bits per heavy atom. The highest BCUT2D eigenvalue weighted by Gasteiger charge is 2.19. The van der Waals surface area contributed by atoms with E-state index in [2.05, 4.69) is 20.8 Å². The topological polar surface area (TPSA) is 34.1 Å². The molecule has 0 fully saturated rings. The molecule has 0 aromatic heterocycles. The zero-order valence-electron chi connectivity index (χ0n) is 13.2. The van der Waals surface area contributed by atoms with Gasteiger partial charge in [-0.2, -0.15) is 0 Å². The lowest BCUT2D eigenvalue weighted by atomic mass is 9.84. The quantitative estimate of drug-likeness (QED) is 0.454. The van der Waals surface area contributed by atoms with E-state index in [0.29, 0.717) is 17.4 Å². The van der Waals surface area contributed by atoms with Gasteiger partial charge >= 0.3 is 0 Å². The van der Waals surface area contributed by atoms with Gasteiger partial charge in [0.25, 0.3) is 0 Å². The molecule has 0 amide bonds. The van der Waals surface area contributed by atoms with Gasteiger partial charge in [-0.1, -0.05) is 59.3 Å². The summed E-state index contributed by atoms with van der Waals surface area (Å²) in [5.41, 5.74) is 0.683. The summed E-state index contributed by atoms with van der Waals surface area (Å²) in [6.07, 6.45) is 12.7. The molecular weight excluding hydrogens is 248 g/mol. The van der Waals surface area contributed by atoms with Gasteiger partial charge in [0, 0.05) is 5.57 Å². The summed E-state index contributed by atoms with van der Waals surface area (Å²) in [5, 5.41) is 0. The minimum Gasteiger partial charge on any atom is -0.290 e. The van der Waals surface area contributed by atoms with Crippen LogP contribution in [0.2, 0.25) is 0 Å². The van der Waals surface area contributed by atoms with E-state index in [9.17, 15) is 9.59 Å². The zero-order valence-corrected chi connectivity index (χ0v) is 13.2. The standard InChI is InChI=1S/C18H28O2/c1-4-5-6-7-8-9-14(2)15(3)12-16-13-17(19)10-11-18(16)20/h10-11,13-15H,4-9,12H2,1-3H3. The first-order valence-corrected chi connectivity index (χ1v) is 8.01. The molecule has 0 saturated carbocycles. The number of allylic oxidation sites excluding steroid dienone is 4. The van der Waals surface area contributed by atoms with E-state index < -0.39 is 0 Å². The molecule has 0 aliphatic heterocycles. The Balaban J connectivity index is 2.32. The molecule has 2 nitrogen and oxygen atoms in total. The van der Waals surface area contributed by atoms with Gasteiger partial charge < -0.3 is 0 Å². The predicted octanol–water partition coefficient (Wildman–Crippen LogP) is 4.64. The Hall–Kier alpha value is -1.18. The minimum atomic E-state index is -0.0565. The molecule has 112 valence electrons. The van der Waals surface area contributed by atoms with Crippen molar-refractivity contribution >= 4 is 11.6 Å². The molecule has 2 atom stereocenters. The number of ketones is 2. The van der Waals surface area contributed by atoms with Gasteiger partial charge in [0.1, 0.15) is 0 Å². The third-order valence-electron chi connectivity index (χ3n) is 4.31. The van der Waals surface area contributed by atoms with Crippen molar-refractivity contribution in [1.29, 1.82) is 0 Å². The number of rotatable bonds is 9. The van der Waals surface area contributed by atoms with Crippen LogP contribution >= 0.6 is 0 Å². The van der Waals surface area contributed by atoms with E-state index >= 15 is 0 Å². The van der Waals surface area contributed by atoms with E-state index in [1.54, 1.807) is 0 Å². The van der Waals surface area contributed by atoms with Crippen LogP contribution in [0.1, 0.15) is 65.7 Å². The van der Waals surface area contributed by atoms with Crippen LogP contribution in [0, 0.1) is 11.8 Å². The number of carbonyl (C=O) groups is 2. The van der Waals surface area contributed by atoms with E-state index in [0.717, 1.165) is 6.42 Å². The molecule has 0 spiro atoms. The molecule has 1 rings (SSSR count). The second-order valence-corrected chi connectivity index (χ2v) is 6.13. The van der Waals surface area contributed by atoms with Crippen molar-refractivity contribution in [2.24, 2.45) is 11.8 Å². The first kappa shape index (κ1) is 16.9. The van der Waals surface area contributed by atoms with Crippen molar-refractivity contribution in [3.05, 3.63) is 23.8 Å². The van der Waals surface area contributed by atoms with E-state index in [1.807, 2.05) is 0 Å². The molecule has 0 saturated heterocycles. The molecule has 2 unspecified atom stereocenters. The number of carbonyl (C=O) groups excluding carboxylic acids is 2. The average molecular weight is 276 g/mol.